The molecule has 0 N–H and O–H groups in total. The van der Waals surface area contributed by atoms with Crippen molar-refractivity contribution in [1.82, 2.24) is 0 Å². The van der Waals surface area contributed by atoms with Gasteiger partial charge in [-0.3, -0.25) is 0 Å². The Morgan fingerprint density at radius 1 is 0.810 bits per heavy atom. The van der Waals surface area contributed by atoms with Gasteiger partial charge in [-0.25, -0.2) is 0 Å². The summed E-state index contributed by atoms with van der Waals surface area (Å²) in [6, 6.07) is 21.9. The lowest BCUT2D eigenvalue weighted by Crippen LogP contribution is -2.25. The molecule has 0 saturated carbocycles. The smallest absolute Gasteiger partial charge is 0.0381 e. The molecule has 2 rings (SSSR count). The van der Waals surface area contributed by atoms with Crippen LogP contribution in [0.4, 0.5) is 0 Å². The fourth-order valence-corrected chi connectivity index (χ4v) is 2.98. The molecule has 0 aliphatic heterocycles. The van der Waals surface area contributed by atoms with Crippen LogP contribution in [0.15, 0.2) is 72.8 Å². The quantitative estimate of drug-likeness (QED) is 0.534. The molecule has 0 aliphatic carbocycles. The summed E-state index contributed by atoms with van der Waals surface area (Å²) in [5.41, 5.74) is 2.80. The zero-order valence-corrected chi connectivity index (χ0v) is 13.3. The van der Waals surface area contributed by atoms with Gasteiger partial charge in [-0.2, -0.15) is 0 Å². The van der Waals surface area contributed by atoms with E-state index in [1.54, 1.807) is 0 Å². The average molecular weight is 278 g/mol. The number of allylic oxidation sites excluding steroid dienone is 2. The molecule has 0 spiro atoms. The van der Waals surface area contributed by atoms with Crippen molar-refractivity contribution in [3.63, 3.8) is 0 Å². The van der Waals surface area contributed by atoms with Crippen molar-refractivity contribution in [3.8, 4) is 0 Å². The molecule has 110 valence electrons. The van der Waals surface area contributed by atoms with Crippen LogP contribution in [0.25, 0.3) is 0 Å². The molecule has 0 aromatic heterocycles. The van der Waals surface area contributed by atoms with E-state index in [-0.39, 0.29) is 5.41 Å². The van der Waals surface area contributed by atoms with Crippen LogP contribution in [0.3, 0.4) is 0 Å². The normalized spacial score (nSPS) is 11.9. The second-order valence-corrected chi connectivity index (χ2v) is 5.62. The fourth-order valence-electron chi connectivity index (χ4n) is 2.98. The summed E-state index contributed by atoms with van der Waals surface area (Å²) in [5, 5.41) is 0. The summed E-state index contributed by atoms with van der Waals surface area (Å²) < 4.78 is 0. The predicted molar refractivity (Wildman–Crippen MR) is 92.6 cm³/mol. The largest absolute Gasteiger partial charge is 0.0876 e. The van der Waals surface area contributed by atoms with Gasteiger partial charge in [0.05, 0.1) is 0 Å². The van der Waals surface area contributed by atoms with Crippen LogP contribution in [-0.2, 0) is 5.41 Å². The lowest BCUT2D eigenvalue weighted by Gasteiger charge is -2.32. The molecule has 0 atom stereocenters. The van der Waals surface area contributed by atoms with Crippen molar-refractivity contribution < 1.29 is 0 Å². The molecule has 0 radical (unpaired) electrons. The number of hydrogen-bond acceptors (Lipinski definition) is 0. The molecule has 0 aliphatic rings. The number of rotatable bonds is 7. The Morgan fingerprint density at radius 3 is 1.76 bits per heavy atom. The Kier molecular flexibility index (Phi) is 5.80. The second-order valence-electron chi connectivity index (χ2n) is 5.62. The molecule has 0 amide bonds. The first-order valence-corrected chi connectivity index (χ1v) is 8.12. The first-order valence-electron chi connectivity index (χ1n) is 8.12. The van der Waals surface area contributed by atoms with E-state index in [0.717, 1.165) is 12.8 Å². The zero-order valence-electron chi connectivity index (χ0n) is 13.3. The summed E-state index contributed by atoms with van der Waals surface area (Å²) in [4.78, 5) is 0. The topological polar surface area (TPSA) is 0 Å². The Hall–Kier alpha value is -1.82. The molecular formula is C21H26. The summed E-state index contributed by atoms with van der Waals surface area (Å²) in [6.45, 7) is 4.47. The Labute approximate surface area is 129 Å². The van der Waals surface area contributed by atoms with E-state index in [1.165, 1.54) is 24.0 Å². The van der Waals surface area contributed by atoms with Gasteiger partial charge < -0.3 is 0 Å². The molecule has 2 aromatic rings. The second kappa shape index (κ2) is 7.83. The number of benzene rings is 2. The Bertz CT molecular complexity index is 497. The van der Waals surface area contributed by atoms with Crippen LogP contribution >= 0.6 is 0 Å². The van der Waals surface area contributed by atoms with Crippen LogP contribution in [-0.4, -0.2) is 0 Å². The Balaban J connectivity index is 2.56. The number of hydrogen-bond donors (Lipinski definition) is 0. The molecule has 0 unspecified atom stereocenters. The van der Waals surface area contributed by atoms with E-state index in [4.69, 9.17) is 0 Å². The maximum atomic E-state index is 2.42. The lowest BCUT2D eigenvalue weighted by atomic mass is 9.71. The van der Waals surface area contributed by atoms with Gasteiger partial charge in [-0.15, -0.1) is 0 Å². The van der Waals surface area contributed by atoms with Crippen LogP contribution in [0.2, 0.25) is 0 Å². The lowest BCUT2D eigenvalue weighted by molar-refractivity contribution is 0.543. The van der Waals surface area contributed by atoms with E-state index in [2.05, 4.69) is 86.7 Å². The van der Waals surface area contributed by atoms with Crippen molar-refractivity contribution >= 4 is 0 Å². The van der Waals surface area contributed by atoms with E-state index in [1.807, 2.05) is 0 Å². The van der Waals surface area contributed by atoms with Crippen LogP contribution in [0.5, 0.6) is 0 Å². The third-order valence-corrected chi connectivity index (χ3v) is 4.14. The molecule has 0 heterocycles. The molecule has 21 heavy (non-hydrogen) atoms. The minimum Gasteiger partial charge on any atom is -0.0876 e. The average Bonchev–Trinajstić information content (AvgIpc) is 2.57. The molecule has 0 saturated heterocycles. The van der Waals surface area contributed by atoms with Crippen molar-refractivity contribution in [2.75, 3.05) is 0 Å². The van der Waals surface area contributed by atoms with E-state index >= 15 is 0 Å². The molecule has 0 heteroatoms. The molecule has 0 fully saturated rings. The van der Waals surface area contributed by atoms with Crippen molar-refractivity contribution in [1.29, 1.82) is 0 Å². The predicted octanol–water partition coefficient (Wildman–Crippen LogP) is 6.13. The highest BCUT2D eigenvalue weighted by atomic mass is 14.3. The zero-order chi connectivity index (χ0) is 15.0. The van der Waals surface area contributed by atoms with Gasteiger partial charge >= 0.3 is 0 Å². The standard InChI is InChI=1S/C21H26/c1-3-5-17-21(18-6-4-2,19-13-9-7-10-14-19)20-15-11-8-12-16-20/h5,7-17H,3-4,6,18H2,1-2H3. The van der Waals surface area contributed by atoms with Gasteiger partial charge in [0.15, 0.2) is 0 Å². The first-order chi connectivity index (χ1) is 10.3. The molecular weight excluding hydrogens is 252 g/mol. The van der Waals surface area contributed by atoms with E-state index in [0.29, 0.717) is 0 Å². The fraction of sp³-hybridized carbons (Fsp3) is 0.333. The molecule has 0 nitrogen and oxygen atoms in total. The minimum atomic E-state index is 0.00847. The van der Waals surface area contributed by atoms with Crippen LogP contribution in [0, 0.1) is 0 Å². The maximum absolute atomic E-state index is 2.42. The summed E-state index contributed by atoms with van der Waals surface area (Å²) >= 11 is 0. The number of unbranched alkanes of at least 4 members (excludes halogenated alkanes) is 1. The first kappa shape index (κ1) is 15.6. The summed E-state index contributed by atoms with van der Waals surface area (Å²) in [5.74, 6) is 0. The van der Waals surface area contributed by atoms with Gasteiger partial charge in [0, 0.05) is 5.41 Å². The van der Waals surface area contributed by atoms with Crippen LogP contribution in [0.1, 0.15) is 50.7 Å². The van der Waals surface area contributed by atoms with Gasteiger partial charge in [0.2, 0.25) is 0 Å². The summed E-state index contributed by atoms with van der Waals surface area (Å²) in [6.07, 6.45) is 9.43. The van der Waals surface area contributed by atoms with Gasteiger partial charge in [0.1, 0.15) is 0 Å². The van der Waals surface area contributed by atoms with Crippen molar-refractivity contribution in [3.05, 3.63) is 83.9 Å². The SMILES string of the molecule is CCC=CC(CCCC)(c1ccccc1)c1ccccc1. The van der Waals surface area contributed by atoms with Gasteiger partial charge in [0.25, 0.3) is 0 Å². The highest BCUT2D eigenvalue weighted by Crippen LogP contribution is 2.38. The summed E-state index contributed by atoms with van der Waals surface area (Å²) in [7, 11) is 0. The Morgan fingerprint density at radius 2 is 1.33 bits per heavy atom. The van der Waals surface area contributed by atoms with Crippen molar-refractivity contribution in [2.24, 2.45) is 0 Å². The molecule has 0 bridgehead atoms. The van der Waals surface area contributed by atoms with Gasteiger partial charge in [-0.1, -0.05) is 99.5 Å². The maximum Gasteiger partial charge on any atom is 0.0381 e. The monoisotopic (exact) mass is 278 g/mol. The van der Waals surface area contributed by atoms with E-state index < -0.39 is 0 Å². The minimum absolute atomic E-state index is 0.00847. The van der Waals surface area contributed by atoms with E-state index in [9.17, 15) is 0 Å². The van der Waals surface area contributed by atoms with Crippen LogP contribution < -0.4 is 0 Å². The molecule has 2 aromatic carbocycles. The van der Waals surface area contributed by atoms with Crippen molar-refractivity contribution in [2.45, 2.75) is 44.9 Å². The highest BCUT2D eigenvalue weighted by molar-refractivity contribution is 5.44. The third kappa shape index (κ3) is 3.64. The van der Waals surface area contributed by atoms with Gasteiger partial charge in [-0.05, 0) is 24.0 Å². The highest BCUT2D eigenvalue weighted by Gasteiger charge is 2.30. The third-order valence-electron chi connectivity index (χ3n) is 4.14.